The molecule has 0 bridgehead atoms. The van der Waals surface area contributed by atoms with Crippen LogP contribution >= 0.6 is 31.9 Å². The lowest BCUT2D eigenvalue weighted by Gasteiger charge is -2.07. The fourth-order valence-corrected chi connectivity index (χ4v) is 2.41. The summed E-state index contributed by atoms with van der Waals surface area (Å²) in [6.45, 7) is 1.74. The molecule has 0 spiro atoms. The molecule has 1 N–H and O–H groups in total. The monoisotopic (exact) mass is 353 g/mol. The Bertz CT molecular complexity index is 483. The molecule has 17 heavy (non-hydrogen) atoms. The van der Waals surface area contributed by atoms with E-state index in [-0.39, 0.29) is 0 Å². The summed E-state index contributed by atoms with van der Waals surface area (Å²) in [6.07, 6.45) is 0. The first kappa shape index (κ1) is 12.8. The molecule has 2 rings (SSSR count). The average Bonchev–Trinajstić information content (AvgIpc) is 2.35. The summed E-state index contributed by atoms with van der Waals surface area (Å²) in [4.78, 5) is 0. The van der Waals surface area contributed by atoms with Gasteiger partial charge >= 0.3 is 0 Å². The van der Waals surface area contributed by atoms with Crippen LogP contribution in [-0.4, -0.2) is 0 Å². The van der Waals surface area contributed by atoms with E-state index in [0.717, 1.165) is 22.0 Å². The largest absolute Gasteiger partial charge is 0.309 e. The lowest BCUT2D eigenvalue weighted by molar-refractivity contribution is 0.691. The highest BCUT2D eigenvalue weighted by Gasteiger charge is 2.00. The van der Waals surface area contributed by atoms with Crippen LogP contribution in [0.25, 0.3) is 0 Å². The fraction of sp³-hybridized carbons (Fsp3) is 0.143. The molecule has 0 aromatic heterocycles. The third-order valence-corrected chi connectivity index (χ3v) is 3.76. The fourth-order valence-electron chi connectivity index (χ4n) is 1.62. The molecular weight excluding hydrogens is 342 g/mol. The Kier molecular flexibility index (Phi) is 4.77. The van der Waals surface area contributed by atoms with Crippen molar-refractivity contribution in [3.63, 3.8) is 0 Å². The maximum Gasteiger partial charge on any atom is 0.0221 e. The molecule has 0 saturated heterocycles. The van der Waals surface area contributed by atoms with E-state index >= 15 is 0 Å². The Hall–Kier alpha value is -0.640. The summed E-state index contributed by atoms with van der Waals surface area (Å²) in [5, 5.41) is 3.44. The van der Waals surface area contributed by atoms with Gasteiger partial charge in [-0.1, -0.05) is 62.2 Å². The van der Waals surface area contributed by atoms with Gasteiger partial charge in [0.1, 0.15) is 0 Å². The average molecular weight is 355 g/mol. The van der Waals surface area contributed by atoms with Gasteiger partial charge in [-0.15, -0.1) is 0 Å². The predicted octanol–water partition coefficient (Wildman–Crippen LogP) is 4.50. The first-order valence-corrected chi connectivity index (χ1v) is 7.03. The summed E-state index contributed by atoms with van der Waals surface area (Å²) in [6, 6.07) is 16.6. The van der Waals surface area contributed by atoms with Crippen molar-refractivity contribution in [1.82, 2.24) is 5.32 Å². The molecule has 0 amide bonds. The van der Waals surface area contributed by atoms with Gasteiger partial charge in [-0.3, -0.25) is 0 Å². The minimum atomic E-state index is 0.856. The molecule has 2 aromatic carbocycles. The molecule has 0 heterocycles. The SMILES string of the molecule is Brc1ccc(Br)c(CNCc2ccccc2)c1. The highest BCUT2D eigenvalue weighted by atomic mass is 79.9. The number of nitrogens with one attached hydrogen (secondary N) is 1. The van der Waals surface area contributed by atoms with Crippen LogP contribution in [0.4, 0.5) is 0 Å². The maximum absolute atomic E-state index is 3.56. The van der Waals surface area contributed by atoms with Crippen LogP contribution in [0.2, 0.25) is 0 Å². The molecule has 2 aromatic rings. The minimum Gasteiger partial charge on any atom is -0.309 e. The maximum atomic E-state index is 3.56. The van der Waals surface area contributed by atoms with E-state index in [0.29, 0.717) is 0 Å². The normalized spacial score (nSPS) is 10.5. The van der Waals surface area contributed by atoms with Crippen LogP contribution in [0.5, 0.6) is 0 Å². The van der Waals surface area contributed by atoms with Crippen molar-refractivity contribution in [3.8, 4) is 0 Å². The molecule has 88 valence electrons. The van der Waals surface area contributed by atoms with Crippen molar-refractivity contribution in [2.45, 2.75) is 13.1 Å². The van der Waals surface area contributed by atoms with E-state index in [2.05, 4.69) is 73.6 Å². The lowest BCUT2D eigenvalue weighted by atomic mass is 10.2. The van der Waals surface area contributed by atoms with Crippen molar-refractivity contribution in [2.75, 3.05) is 0 Å². The summed E-state index contributed by atoms with van der Waals surface area (Å²) in [5.74, 6) is 0. The molecule has 0 atom stereocenters. The Labute approximate surface area is 119 Å². The molecule has 0 radical (unpaired) electrons. The topological polar surface area (TPSA) is 12.0 Å². The van der Waals surface area contributed by atoms with Crippen molar-refractivity contribution in [2.24, 2.45) is 0 Å². The Balaban J connectivity index is 1.92. The van der Waals surface area contributed by atoms with Gasteiger partial charge in [0.2, 0.25) is 0 Å². The van der Waals surface area contributed by atoms with Crippen LogP contribution in [0, 0.1) is 0 Å². The Morgan fingerprint density at radius 2 is 1.65 bits per heavy atom. The van der Waals surface area contributed by atoms with E-state index in [9.17, 15) is 0 Å². The number of hydrogen-bond acceptors (Lipinski definition) is 1. The second-order valence-electron chi connectivity index (χ2n) is 3.82. The molecule has 0 aliphatic heterocycles. The molecule has 1 nitrogen and oxygen atoms in total. The summed E-state index contributed by atoms with van der Waals surface area (Å²) in [5.41, 5.74) is 2.56. The zero-order valence-corrected chi connectivity index (χ0v) is 12.5. The molecule has 0 saturated carbocycles. The van der Waals surface area contributed by atoms with Crippen molar-refractivity contribution < 1.29 is 0 Å². The van der Waals surface area contributed by atoms with E-state index in [1.54, 1.807) is 0 Å². The first-order valence-electron chi connectivity index (χ1n) is 5.44. The van der Waals surface area contributed by atoms with Crippen LogP contribution in [0.1, 0.15) is 11.1 Å². The van der Waals surface area contributed by atoms with Crippen LogP contribution < -0.4 is 5.32 Å². The smallest absolute Gasteiger partial charge is 0.0221 e. The second kappa shape index (κ2) is 6.34. The van der Waals surface area contributed by atoms with E-state index in [1.165, 1.54) is 11.1 Å². The summed E-state index contributed by atoms with van der Waals surface area (Å²) >= 11 is 7.04. The van der Waals surface area contributed by atoms with Crippen LogP contribution in [0.3, 0.4) is 0 Å². The summed E-state index contributed by atoms with van der Waals surface area (Å²) in [7, 11) is 0. The molecule has 3 heteroatoms. The second-order valence-corrected chi connectivity index (χ2v) is 5.59. The lowest BCUT2D eigenvalue weighted by Crippen LogP contribution is -2.12. The van der Waals surface area contributed by atoms with Crippen LogP contribution in [0.15, 0.2) is 57.5 Å². The van der Waals surface area contributed by atoms with Crippen molar-refractivity contribution in [1.29, 1.82) is 0 Å². The molecular formula is C14H13Br2N. The quantitative estimate of drug-likeness (QED) is 0.852. The van der Waals surface area contributed by atoms with Gasteiger partial charge in [0.25, 0.3) is 0 Å². The number of rotatable bonds is 4. The molecule has 0 aliphatic carbocycles. The van der Waals surface area contributed by atoms with Gasteiger partial charge in [0.15, 0.2) is 0 Å². The van der Waals surface area contributed by atoms with Gasteiger partial charge in [0.05, 0.1) is 0 Å². The molecule has 0 aliphatic rings. The van der Waals surface area contributed by atoms with E-state index in [4.69, 9.17) is 0 Å². The molecule has 0 unspecified atom stereocenters. The van der Waals surface area contributed by atoms with Crippen molar-refractivity contribution >= 4 is 31.9 Å². The van der Waals surface area contributed by atoms with Gasteiger partial charge in [0, 0.05) is 22.0 Å². The molecule has 0 fully saturated rings. The first-order chi connectivity index (χ1) is 8.25. The number of benzene rings is 2. The van der Waals surface area contributed by atoms with Gasteiger partial charge in [-0.05, 0) is 29.3 Å². The standard InChI is InChI=1S/C14H13Br2N/c15-13-6-7-14(16)12(8-13)10-17-9-11-4-2-1-3-5-11/h1-8,17H,9-10H2. The minimum absolute atomic E-state index is 0.856. The Morgan fingerprint density at radius 1 is 0.882 bits per heavy atom. The predicted molar refractivity (Wildman–Crippen MR) is 78.8 cm³/mol. The van der Waals surface area contributed by atoms with Crippen LogP contribution in [-0.2, 0) is 13.1 Å². The van der Waals surface area contributed by atoms with Crippen molar-refractivity contribution in [3.05, 3.63) is 68.6 Å². The van der Waals surface area contributed by atoms with Gasteiger partial charge < -0.3 is 5.32 Å². The highest BCUT2D eigenvalue weighted by Crippen LogP contribution is 2.21. The van der Waals surface area contributed by atoms with Gasteiger partial charge in [-0.25, -0.2) is 0 Å². The summed E-state index contributed by atoms with van der Waals surface area (Å²) < 4.78 is 2.25. The van der Waals surface area contributed by atoms with Gasteiger partial charge in [-0.2, -0.15) is 0 Å². The highest BCUT2D eigenvalue weighted by molar-refractivity contribution is 9.11. The zero-order chi connectivity index (χ0) is 12.1. The number of hydrogen-bond donors (Lipinski definition) is 1. The third kappa shape index (κ3) is 3.95. The Morgan fingerprint density at radius 3 is 2.41 bits per heavy atom. The number of halogens is 2. The van der Waals surface area contributed by atoms with E-state index < -0.39 is 0 Å². The zero-order valence-electron chi connectivity index (χ0n) is 9.29. The third-order valence-electron chi connectivity index (χ3n) is 2.50. The van der Waals surface area contributed by atoms with E-state index in [1.807, 2.05) is 12.1 Å².